The molecule has 1 aliphatic heterocycles. The third kappa shape index (κ3) is 2.57. The second-order valence-electron chi connectivity index (χ2n) is 3.26. The van der Waals surface area contributed by atoms with Crippen LogP contribution in [0.5, 0.6) is 0 Å². The maximum atomic E-state index is 13.6. The fourth-order valence-electron chi connectivity index (χ4n) is 1.55. The molecule has 1 saturated heterocycles. The number of benzene rings is 1. The van der Waals surface area contributed by atoms with E-state index in [4.69, 9.17) is 16.3 Å². The minimum Gasteiger partial charge on any atom is -0.449 e. The summed E-state index contributed by atoms with van der Waals surface area (Å²) in [5, 5.41) is 2.60. The molecule has 0 unspecified atom stereocenters. The summed E-state index contributed by atoms with van der Waals surface area (Å²) in [6.45, 7) is 0.294. The number of hydrogen-bond acceptors (Lipinski definition) is 2. The van der Waals surface area contributed by atoms with Crippen molar-refractivity contribution in [3.8, 4) is 0 Å². The van der Waals surface area contributed by atoms with E-state index in [0.717, 1.165) is 0 Å². The van der Waals surface area contributed by atoms with Crippen LogP contribution in [0.1, 0.15) is 18.0 Å². The van der Waals surface area contributed by atoms with E-state index in [1.54, 1.807) is 12.1 Å². The van der Waals surface area contributed by atoms with E-state index < -0.39 is 11.9 Å². The molecule has 0 spiro atoms. The number of hydrogen-bond donors (Lipinski definition) is 1. The predicted molar refractivity (Wildman–Crippen MR) is 60.5 cm³/mol. The van der Waals surface area contributed by atoms with E-state index in [1.807, 2.05) is 0 Å². The van der Waals surface area contributed by atoms with E-state index in [-0.39, 0.29) is 23.5 Å². The Labute approximate surface area is 103 Å². The molecule has 1 aliphatic rings. The third-order valence-corrected chi connectivity index (χ3v) is 2.58. The zero-order valence-electron chi connectivity index (χ0n) is 8.20. The zero-order chi connectivity index (χ0) is 10.8. The minimum atomic E-state index is -0.523. The van der Waals surface area contributed by atoms with Crippen molar-refractivity contribution in [2.45, 2.75) is 12.5 Å². The molecule has 1 amide bonds. The molecule has 88 valence electrons. The summed E-state index contributed by atoms with van der Waals surface area (Å²) in [5.41, 5.74) is 0.402. The minimum absolute atomic E-state index is 0. The van der Waals surface area contributed by atoms with Crippen molar-refractivity contribution in [1.29, 1.82) is 0 Å². The number of alkyl carbamates (subject to hydrolysis) is 1. The van der Waals surface area contributed by atoms with Crippen molar-refractivity contribution >= 4 is 30.1 Å². The quantitative estimate of drug-likeness (QED) is 0.848. The summed E-state index contributed by atoms with van der Waals surface area (Å²) in [6, 6.07) is 4.38. The van der Waals surface area contributed by atoms with Gasteiger partial charge in [0, 0.05) is 12.0 Å². The van der Waals surface area contributed by atoms with Gasteiger partial charge in [-0.25, -0.2) is 9.18 Å². The molecule has 0 aromatic heterocycles. The molecule has 16 heavy (non-hydrogen) atoms. The second kappa shape index (κ2) is 5.37. The van der Waals surface area contributed by atoms with Crippen molar-refractivity contribution in [2.75, 3.05) is 6.61 Å². The average molecular weight is 266 g/mol. The first-order chi connectivity index (χ1) is 7.18. The molecular formula is C10H10Cl2FNO2. The summed E-state index contributed by atoms with van der Waals surface area (Å²) in [7, 11) is 0. The molecule has 3 nitrogen and oxygen atoms in total. The number of cyclic esters (lactones) is 1. The molecule has 1 aromatic rings. The van der Waals surface area contributed by atoms with Gasteiger partial charge >= 0.3 is 6.09 Å². The number of ether oxygens (including phenoxy) is 1. The van der Waals surface area contributed by atoms with Crippen molar-refractivity contribution in [1.82, 2.24) is 5.32 Å². The topological polar surface area (TPSA) is 38.3 Å². The highest BCUT2D eigenvalue weighted by molar-refractivity contribution is 6.30. The van der Waals surface area contributed by atoms with Gasteiger partial charge in [-0.1, -0.05) is 23.7 Å². The molecule has 0 aliphatic carbocycles. The summed E-state index contributed by atoms with van der Waals surface area (Å²) in [4.78, 5) is 11.0. The molecule has 0 bridgehead atoms. The highest BCUT2D eigenvalue weighted by atomic mass is 35.5. The van der Waals surface area contributed by atoms with E-state index in [0.29, 0.717) is 18.6 Å². The van der Waals surface area contributed by atoms with Crippen LogP contribution in [0.15, 0.2) is 18.2 Å². The molecule has 0 saturated carbocycles. The van der Waals surface area contributed by atoms with Crippen molar-refractivity contribution < 1.29 is 13.9 Å². The van der Waals surface area contributed by atoms with Crippen LogP contribution in [0, 0.1) is 5.82 Å². The Morgan fingerprint density at radius 2 is 2.25 bits per heavy atom. The Hall–Kier alpha value is -1.00. The highest BCUT2D eigenvalue weighted by Gasteiger charge is 2.23. The lowest BCUT2D eigenvalue weighted by molar-refractivity contribution is 0.115. The molecule has 0 radical (unpaired) electrons. The smallest absolute Gasteiger partial charge is 0.407 e. The van der Waals surface area contributed by atoms with Crippen LogP contribution in [0.4, 0.5) is 9.18 Å². The summed E-state index contributed by atoms with van der Waals surface area (Å²) in [5.74, 6) is -0.480. The molecule has 1 fully saturated rings. The van der Waals surface area contributed by atoms with Crippen LogP contribution in [-0.2, 0) is 4.74 Å². The SMILES string of the molecule is Cl.O=C1N[C@H](c2cccc(Cl)c2F)CCO1. The van der Waals surface area contributed by atoms with Crippen LogP contribution < -0.4 is 5.32 Å². The Bertz CT molecular complexity index is 400. The predicted octanol–water partition coefficient (Wildman–Crippen LogP) is 3.07. The first kappa shape index (κ1) is 13.1. The van der Waals surface area contributed by atoms with Crippen LogP contribution in [0.2, 0.25) is 5.02 Å². The van der Waals surface area contributed by atoms with E-state index in [9.17, 15) is 9.18 Å². The fourth-order valence-corrected chi connectivity index (χ4v) is 1.73. The van der Waals surface area contributed by atoms with Gasteiger partial charge < -0.3 is 10.1 Å². The number of nitrogens with one attached hydrogen (secondary N) is 1. The monoisotopic (exact) mass is 265 g/mol. The van der Waals surface area contributed by atoms with Gasteiger partial charge in [0.2, 0.25) is 0 Å². The maximum absolute atomic E-state index is 13.6. The largest absolute Gasteiger partial charge is 0.449 e. The molecule has 1 heterocycles. The van der Waals surface area contributed by atoms with Gasteiger partial charge in [-0.05, 0) is 6.07 Å². The molecule has 2 rings (SSSR count). The first-order valence-corrected chi connectivity index (χ1v) is 4.93. The van der Waals surface area contributed by atoms with E-state index >= 15 is 0 Å². The van der Waals surface area contributed by atoms with Gasteiger partial charge in [0.1, 0.15) is 5.82 Å². The van der Waals surface area contributed by atoms with Gasteiger partial charge in [0.15, 0.2) is 0 Å². The molecule has 1 N–H and O–H groups in total. The lowest BCUT2D eigenvalue weighted by atomic mass is 10.0. The molecule has 6 heteroatoms. The molecular weight excluding hydrogens is 256 g/mol. The van der Waals surface area contributed by atoms with E-state index in [2.05, 4.69) is 5.32 Å². The number of rotatable bonds is 1. The number of halogens is 3. The average Bonchev–Trinajstić information content (AvgIpc) is 2.22. The van der Waals surface area contributed by atoms with Gasteiger partial charge in [-0.3, -0.25) is 0 Å². The van der Waals surface area contributed by atoms with Crippen LogP contribution >= 0.6 is 24.0 Å². The lowest BCUT2D eigenvalue weighted by Gasteiger charge is -2.24. The first-order valence-electron chi connectivity index (χ1n) is 4.55. The van der Waals surface area contributed by atoms with Crippen LogP contribution in [-0.4, -0.2) is 12.7 Å². The Balaban J connectivity index is 0.00000128. The summed E-state index contributed by atoms with van der Waals surface area (Å²) < 4.78 is 18.3. The highest BCUT2D eigenvalue weighted by Crippen LogP contribution is 2.26. The van der Waals surface area contributed by atoms with Crippen molar-refractivity contribution in [2.24, 2.45) is 0 Å². The fraction of sp³-hybridized carbons (Fsp3) is 0.300. The summed E-state index contributed by atoms with van der Waals surface area (Å²) >= 11 is 5.65. The third-order valence-electron chi connectivity index (χ3n) is 2.29. The number of carbonyl (C=O) groups is 1. The number of carbonyl (C=O) groups excluding carboxylic acids is 1. The standard InChI is InChI=1S/C10H9ClFNO2.ClH/c11-7-3-1-2-6(9(7)12)8-4-5-15-10(14)13-8;/h1-3,8H,4-5H2,(H,13,14);1H/t8-;/m0./s1. The molecule has 1 atom stereocenters. The Morgan fingerprint density at radius 3 is 2.94 bits per heavy atom. The van der Waals surface area contributed by atoms with Gasteiger partial charge in [-0.15, -0.1) is 12.4 Å². The lowest BCUT2D eigenvalue weighted by Crippen LogP contribution is -2.35. The normalized spacial score (nSPS) is 19.4. The van der Waals surface area contributed by atoms with Crippen molar-refractivity contribution in [3.63, 3.8) is 0 Å². The van der Waals surface area contributed by atoms with Crippen LogP contribution in [0.25, 0.3) is 0 Å². The van der Waals surface area contributed by atoms with Gasteiger partial charge in [-0.2, -0.15) is 0 Å². The zero-order valence-corrected chi connectivity index (χ0v) is 9.78. The van der Waals surface area contributed by atoms with Gasteiger partial charge in [0.25, 0.3) is 0 Å². The van der Waals surface area contributed by atoms with Crippen LogP contribution in [0.3, 0.4) is 0 Å². The number of amides is 1. The Morgan fingerprint density at radius 1 is 1.50 bits per heavy atom. The maximum Gasteiger partial charge on any atom is 0.407 e. The Kier molecular flexibility index (Phi) is 4.38. The molecule has 1 aromatic carbocycles. The van der Waals surface area contributed by atoms with E-state index in [1.165, 1.54) is 6.07 Å². The summed E-state index contributed by atoms with van der Waals surface area (Å²) in [6.07, 6.45) is 0.0221. The van der Waals surface area contributed by atoms with Gasteiger partial charge in [0.05, 0.1) is 17.7 Å². The van der Waals surface area contributed by atoms with Crippen molar-refractivity contribution in [3.05, 3.63) is 34.6 Å². The second-order valence-corrected chi connectivity index (χ2v) is 3.67.